The Kier molecular flexibility index (Phi) is 6.24. The van der Waals surface area contributed by atoms with Gasteiger partial charge in [-0.2, -0.15) is 0 Å². The number of β-lactam (4-membered cyclic amide) rings is 1. The van der Waals surface area contributed by atoms with Crippen molar-refractivity contribution in [3.05, 3.63) is 50.5 Å². The number of carbonyl (C=O) groups excluding carboxylic acids is 2. The number of esters is 1. The minimum Gasteiger partial charge on any atom is -0.456 e. The first-order chi connectivity index (χ1) is 15.2. The lowest BCUT2D eigenvalue weighted by molar-refractivity contribution is -0.384. The van der Waals surface area contributed by atoms with Gasteiger partial charge in [0, 0.05) is 41.2 Å². The number of ether oxygens (including phenoxy) is 1. The zero-order valence-electron chi connectivity index (χ0n) is 17.5. The maximum Gasteiger partial charge on any atom is 0.356 e. The third-order valence-electron chi connectivity index (χ3n) is 6.05. The van der Waals surface area contributed by atoms with E-state index in [1.54, 1.807) is 6.92 Å². The summed E-state index contributed by atoms with van der Waals surface area (Å²) in [6, 6.07) is 5.46. The molecule has 9 nitrogen and oxygen atoms in total. The second-order valence-electron chi connectivity index (χ2n) is 8.21. The van der Waals surface area contributed by atoms with Gasteiger partial charge in [0.1, 0.15) is 12.3 Å². The minimum absolute atomic E-state index is 0.0487. The van der Waals surface area contributed by atoms with Crippen LogP contribution >= 0.6 is 24.0 Å². The van der Waals surface area contributed by atoms with E-state index in [-0.39, 0.29) is 41.1 Å². The summed E-state index contributed by atoms with van der Waals surface area (Å²) in [5.41, 5.74) is 0.782. The molecule has 0 radical (unpaired) electrons. The topological polar surface area (TPSA) is 122 Å². The van der Waals surface area contributed by atoms with Gasteiger partial charge < -0.3 is 20.1 Å². The van der Waals surface area contributed by atoms with Crippen molar-refractivity contribution in [1.82, 2.24) is 10.2 Å². The number of fused-ring (bicyclic) bond motifs is 1. The van der Waals surface area contributed by atoms with E-state index in [2.05, 4.69) is 5.32 Å². The van der Waals surface area contributed by atoms with Crippen LogP contribution in [0.3, 0.4) is 0 Å². The van der Waals surface area contributed by atoms with Crippen LogP contribution in [0, 0.1) is 22.0 Å². The number of thiocarbonyl (C=S) groups is 1. The predicted molar refractivity (Wildman–Crippen MR) is 121 cm³/mol. The van der Waals surface area contributed by atoms with Gasteiger partial charge in [-0.1, -0.05) is 19.1 Å². The molecule has 3 aliphatic heterocycles. The summed E-state index contributed by atoms with van der Waals surface area (Å²) >= 11 is 6.76. The molecule has 1 amide bonds. The Morgan fingerprint density at radius 3 is 2.69 bits per heavy atom. The number of hydrogen-bond acceptors (Lipinski definition) is 8. The van der Waals surface area contributed by atoms with Gasteiger partial charge in [0.15, 0.2) is 0 Å². The second-order valence-corrected chi connectivity index (χ2v) is 10.0. The van der Waals surface area contributed by atoms with Crippen LogP contribution in [0.1, 0.15) is 25.8 Å². The summed E-state index contributed by atoms with van der Waals surface area (Å²) in [4.78, 5) is 39.2. The van der Waals surface area contributed by atoms with Crippen LogP contribution in [0.4, 0.5) is 5.69 Å². The number of nitrogens with one attached hydrogen (secondary N) is 1. The molecular formula is C21H23N3O6S2. The number of carbonyl (C=O) groups is 2. The molecule has 1 aromatic rings. The van der Waals surface area contributed by atoms with Gasteiger partial charge in [-0.05, 0) is 24.6 Å². The van der Waals surface area contributed by atoms with Gasteiger partial charge in [-0.15, -0.1) is 11.8 Å². The lowest BCUT2D eigenvalue weighted by Gasteiger charge is -2.46. The Hall–Kier alpha value is -2.50. The van der Waals surface area contributed by atoms with Crippen molar-refractivity contribution in [1.29, 1.82) is 0 Å². The van der Waals surface area contributed by atoms with E-state index in [9.17, 15) is 24.8 Å². The first-order valence-electron chi connectivity index (χ1n) is 10.3. The van der Waals surface area contributed by atoms with Crippen LogP contribution in [-0.4, -0.2) is 55.7 Å². The Balaban J connectivity index is 1.55. The van der Waals surface area contributed by atoms with Gasteiger partial charge in [-0.3, -0.25) is 14.9 Å². The number of rotatable bonds is 7. The van der Waals surface area contributed by atoms with Crippen molar-refractivity contribution in [3.8, 4) is 0 Å². The molecule has 11 heteroatoms. The zero-order valence-corrected chi connectivity index (χ0v) is 19.1. The third-order valence-corrected chi connectivity index (χ3v) is 7.85. The lowest BCUT2D eigenvalue weighted by Crippen LogP contribution is -2.63. The van der Waals surface area contributed by atoms with Crippen LogP contribution in [0.15, 0.2) is 34.9 Å². The van der Waals surface area contributed by atoms with Crippen molar-refractivity contribution in [2.45, 2.75) is 44.3 Å². The molecule has 1 aromatic carbocycles. The highest BCUT2D eigenvalue weighted by molar-refractivity contribution is 8.03. The second kappa shape index (κ2) is 8.80. The highest BCUT2D eigenvalue weighted by atomic mass is 32.2. The van der Waals surface area contributed by atoms with E-state index in [0.29, 0.717) is 18.5 Å². The maximum absolute atomic E-state index is 13.1. The molecule has 0 spiro atoms. The summed E-state index contributed by atoms with van der Waals surface area (Å²) in [6.07, 6.45) is -0.117. The number of nitrogens with zero attached hydrogens (tertiary/aromatic N) is 2. The van der Waals surface area contributed by atoms with Crippen molar-refractivity contribution < 1.29 is 24.4 Å². The molecular weight excluding hydrogens is 454 g/mol. The van der Waals surface area contributed by atoms with Crippen molar-refractivity contribution >= 4 is 46.5 Å². The molecule has 2 saturated heterocycles. The SMILES string of the molecule is C[C@@H](O)[C@H]1C(=O)N2C(C(=O)OCc3ccc([N+](=O)[O-])cc3)=C(S[C@@H]3CNC(=S)C3)[C@H](C)[C@H]12. The van der Waals surface area contributed by atoms with Crippen molar-refractivity contribution in [2.24, 2.45) is 11.8 Å². The molecule has 32 heavy (non-hydrogen) atoms. The van der Waals surface area contributed by atoms with E-state index < -0.39 is 22.9 Å². The molecule has 3 heterocycles. The van der Waals surface area contributed by atoms with E-state index >= 15 is 0 Å². The number of nitro groups is 1. The normalized spacial score (nSPS) is 27.7. The minimum atomic E-state index is -0.811. The van der Waals surface area contributed by atoms with E-state index in [1.165, 1.54) is 40.9 Å². The quantitative estimate of drug-likeness (QED) is 0.200. The van der Waals surface area contributed by atoms with Crippen LogP contribution in [0.5, 0.6) is 0 Å². The molecule has 170 valence electrons. The number of amides is 1. The summed E-state index contributed by atoms with van der Waals surface area (Å²) in [5, 5.41) is 24.2. The Labute approximate surface area is 194 Å². The highest BCUT2D eigenvalue weighted by Crippen LogP contribution is 2.52. The molecule has 2 fully saturated rings. The van der Waals surface area contributed by atoms with Crippen LogP contribution in [-0.2, 0) is 20.9 Å². The molecule has 0 bridgehead atoms. The Morgan fingerprint density at radius 1 is 1.44 bits per heavy atom. The van der Waals surface area contributed by atoms with Crippen LogP contribution in [0.25, 0.3) is 0 Å². The van der Waals surface area contributed by atoms with Gasteiger partial charge in [0.05, 0.1) is 28.0 Å². The zero-order chi connectivity index (χ0) is 23.2. The average Bonchev–Trinajstić information content (AvgIpc) is 3.26. The number of aliphatic hydroxyl groups excluding tert-OH is 1. The molecule has 0 saturated carbocycles. The van der Waals surface area contributed by atoms with E-state index in [4.69, 9.17) is 17.0 Å². The molecule has 3 aliphatic rings. The fourth-order valence-corrected chi connectivity index (χ4v) is 6.26. The largest absolute Gasteiger partial charge is 0.456 e. The number of non-ortho nitro benzene ring substituents is 1. The number of aliphatic hydroxyl groups is 1. The number of hydrogen-bond donors (Lipinski definition) is 2. The first kappa shape index (κ1) is 22.7. The first-order valence-corrected chi connectivity index (χ1v) is 11.6. The number of nitro benzene ring substituents is 1. The molecule has 0 aliphatic carbocycles. The van der Waals surface area contributed by atoms with E-state index in [1.807, 2.05) is 6.92 Å². The van der Waals surface area contributed by atoms with Gasteiger partial charge in [-0.25, -0.2) is 4.79 Å². The molecule has 4 rings (SSSR count). The standard InChI is InChI=1S/C21H23N3O6S2/c1-10-17-16(11(2)25)20(26)23(17)18(19(10)32-14-7-15(31)22-8-14)21(27)30-9-12-3-5-13(6-4-12)24(28)29/h3-6,10-11,14,16-17,25H,7-9H2,1-2H3,(H,22,31)/t10-,11-,14+,16-,17-/m1/s1. The summed E-state index contributed by atoms with van der Waals surface area (Å²) in [7, 11) is 0. The fraction of sp³-hybridized carbons (Fsp3) is 0.476. The van der Waals surface area contributed by atoms with Crippen LogP contribution < -0.4 is 5.32 Å². The summed E-state index contributed by atoms with van der Waals surface area (Å²) < 4.78 is 5.50. The lowest BCUT2D eigenvalue weighted by atomic mass is 9.79. The van der Waals surface area contributed by atoms with E-state index in [0.717, 1.165) is 9.89 Å². The predicted octanol–water partition coefficient (Wildman–Crippen LogP) is 2.13. The van der Waals surface area contributed by atoms with Gasteiger partial charge >= 0.3 is 5.97 Å². The van der Waals surface area contributed by atoms with Crippen molar-refractivity contribution in [3.63, 3.8) is 0 Å². The monoisotopic (exact) mass is 477 g/mol. The summed E-state index contributed by atoms with van der Waals surface area (Å²) in [6.45, 7) is 4.15. The summed E-state index contributed by atoms with van der Waals surface area (Å²) in [5.74, 6) is -1.57. The average molecular weight is 478 g/mol. The van der Waals surface area contributed by atoms with Crippen molar-refractivity contribution in [2.75, 3.05) is 6.54 Å². The number of thioether (sulfide) groups is 1. The molecule has 2 N–H and O–H groups in total. The highest BCUT2D eigenvalue weighted by Gasteiger charge is 2.60. The van der Waals surface area contributed by atoms with Gasteiger partial charge in [0.25, 0.3) is 5.69 Å². The molecule has 5 atom stereocenters. The fourth-order valence-electron chi connectivity index (χ4n) is 4.44. The molecule has 0 aromatic heterocycles. The smallest absolute Gasteiger partial charge is 0.356 e. The van der Waals surface area contributed by atoms with Crippen LogP contribution in [0.2, 0.25) is 0 Å². The Morgan fingerprint density at radius 2 is 2.12 bits per heavy atom. The maximum atomic E-state index is 13.1. The van der Waals surface area contributed by atoms with Gasteiger partial charge in [0.2, 0.25) is 5.91 Å². The number of benzene rings is 1. The molecule has 0 unspecified atom stereocenters. The Bertz CT molecular complexity index is 1010. The third kappa shape index (κ3) is 4.00.